The van der Waals surface area contributed by atoms with Crippen LogP contribution in [0.4, 0.5) is 0 Å². The molecule has 0 saturated carbocycles. The number of aromatic amines is 1. The zero-order chi connectivity index (χ0) is 12.7. The third-order valence-corrected chi connectivity index (χ3v) is 3.17. The highest BCUT2D eigenvalue weighted by Crippen LogP contribution is 2.26. The van der Waals surface area contributed by atoms with E-state index in [1.54, 1.807) is 0 Å². The van der Waals surface area contributed by atoms with Crippen LogP contribution in [0.15, 0.2) is 36.4 Å². The Labute approximate surface area is 104 Å². The van der Waals surface area contributed by atoms with E-state index in [4.69, 9.17) is 5.11 Å². The van der Waals surface area contributed by atoms with Crippen molar-refractivity contribution in [3.63, 3.8) is 0 Å². The number of carbonyl (C=O) groups is 1. The van der Waals surface area contributed by atoms with Gasteiger partial charge < -0.3 is 10.1 Å². The molecule has 0 aliphatic rings. The molecule has 2 N–H and O–H groups in total. The van der Waals surface area contributed by atoms with Gasteiger partial charge in [0.15, 0.2) is 0 Å². The average molecular weight is 239 g/mol. The molecule has 18 heavy (non-hydrogen) atoms. The molecule has 0 atom stereocenters. The Hall–Kier alpha value is -2.29. The van der Waals surface area contributed by atoms with Crippen molar-refractivity contribution in [3.8, 4) is 0 Å². The van der Waals surface area contributed by atoms with Crippen LogP contribution in [0.1, 0.15) is 11.1 Å². The summed E-state index contributed by atoms with van der Waals surface area (Å²) < 4.78 is 0. The maximum atomic E-state index is 10.7. The van der Waals surface area contributed by atoms with Crippen molar-refractivity contribution in [1.82, 2.24) is 4.98 Å². The first-order chi connectivity index (χ1) is 8.63. The molecule has 0 radical (unpaired) electrons. The van der Waals surface area contributed by atoms with E-state index in [2.05, 4.69) is 30.1 Å². The molecule has 3 heteroatoms. The first-order valence-electron chi connectivity index (χ1n) is 5.86. The van der Waals surface area contributed by atoms with Crippen molar-refractivity contribution in [2.24, 2.45) is 0 Å². The van der Waals surface area contributed by atoms with E-state index in [0.29, 0.717) is 0 Å². The van der Waals surface area contributed by atoms with Crippen LogP contribution in [0, 0.1) is 6.92 Å². The van der Waals surface area contributed by atoms with E-state index in [-0.39, 0.29) is 6.42 Å². The zero-order valence-corrected chi connectivity index (χ0v) is 10.0. The number of carboxylic acid groups (broad SMARTS) is 1. The fourth-order valence-electron chi connectivity index (χ4n) is 2.36. The molecule has 0 aliphatic heterocycles. The van der Waals surface area contributed by atoms with Gasteiger partial charge in [0.05, 0.1) is 6.42 Å². The number of nitrogens with one attached hydrogen (secondary N) is 1. The number of aromatic nitrogens is 1. The highest BCUT2D eigenvalue weighted by atomic mass is 16.4. The van der Waals surface area contributed by atoms with Gasteiger partial charge in [-0.3, -0.25) is 4.79 Å². The smallest absolute Gasteiger partial charge is 0.307 e. The molecule has 1 heterocycles. The first-order valence-corrected chi connectivity index (χ1v) is 5.86. The van der Waals surface area contributed by atoms with Gasteiger partial charge in [-0.1, -0.05) is 24.3 Å². The van der Waals surface area contributed by atoms with Gasteiger partial charge >= 0.3 is 5.97 Å². The van der Waals surface area contributed by atoms with Crippen molar-refractivity contribution in [3.05, 3.63) is 47.5 Å². The molecule has 0 spiro atoms. The third-order valence-electron chi connectivity index (χ3n) is 3.17. The molecule has 0 saturated heterocycles. The minimum atomic E-state index is -0.804. The largest absolute Gasteiger partial charge is 0.481 e. The Morgan fingerprint density at radius 1 is 1.11 bits per heavy atom. The van der Waals surface area contributed by atoms with Crippen molar-refractivity contribution < 1.29 is 9.90 Å². The van der Waals surface area contributed by atoms with Gasteiger partial charge in [0, 0.05) is 21.8 Å². The van der Waals surface area contributed by atoms with Crippen LogP contribution in [-0.4, -0.2) is 16.1 Å². The number of benzene rings is 2. The number of rotatable bonds is 2. The predicted molar refractivity (Wildman–Crippen MR) is 71.9 cm³/mol. The number of aliphatic carboxylic acids is 1. The van der Waals surface area contributed by atoms with Crippen LogP contribution in [0.25, 0.3) is 21.8 Å². The molecule has 3 rings (SSSR count). The molecule has 2 aromatic carbocycles. The lowest BCUT2D eigenvalue weighted by Gasteiger charge is -1.97. The molecule has 90 valence electrons. The highest BCUT2D eigenvalue weighted by Gasteiger charge is 2.06. The number of hydrogen-bond acceptors (Lipinski definition) is 1. The molecule has 0 fully saturated rings. The van der Waals surface area contributed by atoms with Crippen LogP contribution >= 0.6 is 0 Å². The van der Waals surface area contributed by atoms with Crippen LogP contribution in [0.5, 0.6) is 0 Å². The Morgan fingerprint density at radius 2 is 1.78 bits per heavy atom. The van der Waals surface area contributed by atoms with E-state index in [0.717, 1.165) is 22.0 Å². The average Bonchev–Trinajstić information content (AvgIpc) is 2.64. The normalized spacial score (nSPS) is 11.2. The molecule has 3 nitrogen and oxygen atoms in total. The Kier molecular flexibility index (Phi) is 2.33. The maximum absolute atomic E-state index is 10.7. The van der Waals surface area contributed by atoms with Crippen molar-refractivity contribution in [2.45, 2.75) is 13.3 Å². The molecule has 0 amide bonds. The Bertz CT molecular complexity index is 756. The van der Waals surface area contributed by atoms with Crippen molar-refractivity contribution >= 4 is 27.8 Å². The lowest BCUT2D eigenvalue weighted by Crippen LogP contribution is -1.99. The van der Waals surface area contributed by atoms with E-state index >= 15 is 0 Å². The van der Waals surface area contributed by atoms with Crippen LogP contribution in [0.3, 0.4) is 0 Å². The quantitative estimate of drug-likeness (QED) is 0.721. The topological polar surface area (TPSA) is 53.1 Å². The number of fused-ring (bicyclic) bond motifs is 3. The fourth-order valence-corrected chi connectivity index (χ4v) is 2.36. The molecular weight excluding hydrogens is 226 g/mol. The number of hydrogen-bond donors (Lipinski definition) is 2. The Morgan fingerprint density at radius 3 is 2.50 bits per heavy atom. The minimum absolute atomic E-state index is 0.0599. The zero-order valence-electron chi connectivity index (χ0n) is 10.0. The lowest BCUT2D eigenvalue weighted by molar-refractivity contribution is -0.136. The lowest BCUT2D eigenvalue weighted by atomic mass is 10.1. The van der Waals surface area contributed by atoms with E-state index < -0.39 is 5.97 Å². The fraction of sp³-hybridized carbons (Fsp3) is 0.133. The second-order valence-corrected chi connectivity index (χ2v) is 4.62. The van der Waals surface area contributed by atoms with Gasteiger partial charge in [-0.25, -0.2) is 0 Å². The van der Waals surface area contributed by atoms with Crippen LogP contribution in [0.2, 0.25) is 0 Å². The van der Waals surface area contributed by atoms with Crippen molar-refractivity contribution in [1.29, 1.82) is 0 Å². The molecule has 3 aromatic rings. The van der Waals surface area contributed by atoms with Gasteiger partial charge in [0.2, 0.25) is 0 Å². The summed E-state index contributed by atoms with van der Waals surface area (Å²) in [6.07, 6.45) is 0.0599. The molecule has 0 aliphatic carbocycles. The van der Waals surface area contributed by atoms with Gasteiger partial charge in [0.25, 0.3) is 0 Å². The predicted octanol–water partition coefficient (Wildman–Crippen LogP) is 3.26. The Balaban J connectivity index is 2.22. The van der Waals surface area contributed by atoms with Gasteiger partial charge in [-0.15, -0.1) is 0 Å². The van der Waals surface area contributed by atoms with Gasteiger partial charge in [-0.05, 0) is 30.2 Å². The molecule has 1 aromatic heterocycles. The van der Waals surface area contributed by atoms with E-state index in [1.807, 2.05) is 18.2 Å². The summed E-state index contributed by atoms with van der Waals surface area (Å²) in [5.74, 6) is -0.804. The second-order valence-electron chi connectivity index (χ2n) is 4.62. The van der Waals surface area contributed by atoms with Crippen LogP contribution < -0.4 is 0 Å². The van der Waals surface area contributed by atoms with Crippen LogP contribution in [-0.2, 0) is 11.2 Å². The summed E-state index contributed by atoms with van der Waals surface area (Å²) in [6, 6.07) is 12.1. The molecular formula is C15H13NO2. The number of aryl methyl sites for hydroxylation is 1. The summed E-state index contributed by atoms with van der Waals surface area (Å²) >= 11 is 0. The number of H-pyrrole nitrogens is 1. The minimum Gasteiger partial charge on any atom is -0.481 e. The highest BCUT2D eigenvalue weighted by molar-refractivity contribution is 6.07. The maximum Gasteiger partial charge on any atom is 0.307 e. The summed E-state index contributed by atoms with van der Waals surface area (Å²) in [5, 5.41) is 11.1. The first kappa shape index (κ1) is 10.8. The van der Waals surface area contributed by atoms with E-state index in [1.165, 1.54) is 10.9 Å². The molecule has 0 bridgehead atoms. The number of carboxylic acids is 1. The second kappa shape index (κ2) is 3.88. The molecule has 0 unspecified atom stereocenters. The summed E-state index contributed by atoms with van der Waals surface area (Å²) in [5.41, 5.74) is 4.12. The summed E-state index contributed by atoms with van der Waals surface area (Å²) in [6.45, 7) is 2.06. The standard InChI is InChI=1S/C15H13NO2/c1-9-2-4-11-12-5-3-10(8-15(17)18)7-14(12)16-13(11)6-9/h2-7,16H,8H2,1H3,(H,17,18). The van der Waals surface area contributed by atoms with Gasteiger partial charge in [-0.2, -0.15) is 0 Å². The van der Waals surface area contributed by atoms with Crippen molar-refractivity contribution in [2.75, 3.05) is 0 Å². The SMILES string of the molecule is Cc1ccc2c(c1)[nH]c1cc(CC(=O)O)ccc12. The third kappa shape index (κ3) is 1.74. The summed E-state index contributed by atoms with van der Waals surface area (Å²) in [7, 11) is 0. The summed E-state index contributed by atoms with van der Waals surface area (Å²) in [4.78, 5) is 14.1. The monoisotopic (exact) mass is 239 g/mol. The van der Waals surface area contributed by atoms with Gasteiger partial charge in [0.1, 0.15) is 0 Å². The van der Waals surface area contributed by atoms with E-state index in [9.17, 15) is 4.79 Å².